The molecule has 0 bridgehead atoms. The minimum Gasteiger partial charge on any atom is -0.454 e. The molecule has 0 radical (unpaired) electrons. The summed E-state index contributed by atoms with van der Waals surface area (Å²) in [5, 5.41) is 5.76. The van der Waals surface area contributed by atoms with Gasteiger partial charge in [0.2, 0.25) is 0 Å². The molecule has 0 unspecified atom stereocenters. The van der Waals surface area contributed by atoms with Gasteiger partial charge in [0, 0.05) is 7.05 Å². The van der Waals surface area contributed by atoms with Crippen LogP contribution in [-0.2, 0) is 6.54 Å². The normalized spacial score (nSPS) is 11.4. The van der Waals surface area contributed by atoms with E-state index in [-0.39, 0.29) is 18.1 Å². The van der Waals surface area contributed by atoms with Gasteiger partial charge in [-0.2, -0.15) is 5.10 Å². The first kappa shape index (κ1) is 15.1. The Hall–Kier alpha value is -2.32. The third kappa shape index (κ3) is 3.23. The molecule has 2 aromatic rings. The Kier molecular flexibility index (Phi) is 4.29. The molecular weight excluding hydrogens is 294 g/mol. The molecule has 1 N–H and O–H groups in total. The van der Waals surface area contributed by atoms with Crippen LogP contribution >= 0.6 is 0 Å². The molecule has 21 heavy (non-hydrogen) atoms. The average Bonchev–Trinajstić information content (AvgIpc) is 3.05. The van der Waals surface area contributed by atoms with Crippen molar-refractivity contribution in [1.82, 2.24) is 15.1 Å². The summed E-state index contributed by atoms with van der Waals surface area (Å²) in [7, 11) is 1.40. The SMILES string of the molecule is CNC(=O)c1ccc(Cn2nc(C(F)F)cc2C(F)F)o1. The van der Waals surface area contributed by atoms with Crippen molar-refractivity contribution in [2.24, 2.45) is 0 Å². The summed E-state index contributed by atoms with van der Waals surface area (Å²) in [4.78, 5) is 11.3. The van der Waals surface area contributed by atoms with Crippen LogP contribution in [0.5, 0.6) is 0 Å². The largest absolute Gasteiger partial charge is 0.454 e. The second kappa shape index (κ2) is 5.98. The van der Waals surface area contributed by atoms with Crippen LogP contribution in [0.2, 0.25) is 0 Å². The number of rotatable bonds is 5. The number of alkyl halides is 4. The highest BCUT2D eigenvalue weighted by atomic mass is 19.3. The lowest BCUT2D eigenvalue weighted by atomic mass is 10.3. The maximum atomic E-state index is 12.8. The van der Waals surface area contributed by atoms with E-state index in [0.29, 0.717) is 6.07 Å². The summed E-state index contributed by atoms with van der Waals surface area (Å²) in [6.45, 7) is -0.274. The summed E-state index contributed by atoms with van der Waals surface area (Å²) in [6.07, 6.45) is -5.89. The molecule has 0 fully saturated rings. The molecule has 2 aromatic heterocycles. The molecule has 1 amide bonds. The number of carbonyl (C=O) groups is 1. The summed E-state index contributed by atoms with van der Waals surface area (Å²) in [5.74, 6) is -0.337. The van der Waals surface area contributed by atoms with Crippen molar-refractivity contribution in [3.05, 3.63) is 41.1 Å². The molecule has 114 valence electrons. The minimum atomic E-state index is -2.95. The second-order valence-electron chi connectivity index (χ2n) is 4.10. The first-order valence-corrected chi connectivity index (χ1v) is 5.87. The number of amides is 1. The quantitative estimate of drug-likeness (QED) is 0.864. The minimum absolute atomic E-state index is 0.00710. The fraction of sp³-hybridized carbons (Fsp3) is 0.333. The highest BCUT2D eigenvalue weighted by Gasteiger charge is 2.22. The van der Waals surface area contributed by atoms with Gasteiger partial charge in [0.25, 0.3) is 18.8 Å². The van der Waals surface area contributed by atoms with E-state index in [9.17, 15) is 22.4 Å². The topological polar surface area (TPSA) is 60.1 Å². The maximum Gasteiger partial charge on any atom is 0.286 e. The number of hydrogen-bond donors (Lipinski definition) is 1. The number of nitrogens with one attached hydrogen (secondary N) is 1. The van der Waals surface area contributed by atoms with Crippen molar-refractivity contribution >= 4 is 5.91 Å². The van der Waals surface area contributed by atoms with Crippen LogP contribution in [0.1, 0.15) is 40.6 Å². The number of hydrogen-bond acceptors (Lipinski definition) is 3. The average molecular weight is 305 g/mol. The van der Waals surface area contributed by atoms with E-state index in [1.165, 1.54) is 19.2 Å². The van der Waals surface area contributed by atoms with Crippen molar-refractivity contribution in [2.45, 2.75) is 19.4 Å². The van der Waals surface area contributed by atoms with Crippen molar-refractivity contribution in [2.75, 3.05) is 7.05 Å². The predicted molar refractivity (Wildman–Crippen MR) is 63.3 cm³/mol. The predicted octanol–water partition coefficient (Wildman–Crippen LogP) is 2.76. The maximum absolute atomic E-state index is 12.8. The zero-order valence-electron chi connectivity index (χ0n) is 10.8. The van der Waals surface area contributed by atoms with E-state index in [1.807, 2.05) is 0 Å². The summed E-state index contributed by atoms with van der Waals surface area (Å²) in [6, 6.07) is 3.40. The molecule has 2 rings (SSSR count). The molecule has 2 heterocycles. The van der Waals surface area contributed by atoms with Gasteiger partial charge in [-0.25, -0.2) is 17.6 Å². The van der Waals surface area contributed by atoms with E-state index < -0.39 is 30.1 Å². The molecule has 0 aromatic carbocycles. The Morgan fingerprint density at radius 3 is 2.62 bits per heavy atom. The Morgan fingerprint density at radius 2 is 2.05 bits per heavy atom. The third-order valence-corrected chi connectivity index (χ3v) is 2.70. The third-order valence-electron chi connectivity index (χ3n) is 2.70. The van der Waals surface area contributed by atoms with Crippen molar-refractivity contribution in [3.63, 3.8) is 0 Å². The second-order valence-corrected chi connectivity index (χ2v) is 4.10. The van der Waals surface area contributed by atoms with Crippen molar-refractivity contribution in [1.29, 1.82) is 0 Å². The van der Waals surface area contributed by atoms with Gasteiger partial charge >= 0.3 is 0 Å². The molecule has 9 heteroatoms. The molecule has 0 spiro atoms. The Bertz CT molecular complexity index is 636. The molecule has 0 atom stereocenters. The fourth-order valence-corrected chi connectivity index (χ4v) is 1.72. The zero-order valence-corrected chi connectivity index (χ0v) is 10.8. The van der Waals surface area contributed by atoms with Gasteiger partial charge < -0.3 is 9.73 Å². The van der Waals surface area contributed by atoms with E-state index in [2.05, 4.69) is 10.4 Å². The lowest BCUT2D eigenvalue weighted by Gasteiger charge is -2.04. The molecule has 0 saturated heterocycles. The molecule has 5 nitrogen and oxygen atoms in total. The smallest absolute Gasteiger partial charge is 0.286 e. The van der Waals surface area contributed by atoms with Gasteiger partial charge in [0.05, 0.1) is 6.54 Å². The number of nitrogens with zero attached hydrogens (tertiary/aromatic N) is 2. The highest BCUT2D eigenvalue weighted by Crippen LogP contribution is 2.25. The number of furan rings is 1. The first-order valence-electron chi connectivity index (χ1n) is 5.87. The molecule has 0 aliphatic carbocycles. The van der Waals surface area contributed by atoms with Gasteiger partial charge in [-0.1, -0.05) is 0 Å². The van der Waals surface area contributed by atoms with Crippen LogP contribution in [0.4, 0.5) is 17.6 Å². The number of aromatic nitrogens is 2. The zero-order chi connectivity index (χ0) is 15.6. The van der Waals surface area contributed by atoms with Gasteiger partial charge in [-0.15, -0.1) is 0 Å². The Labute approximate surface area is 116 Å². The standard InChI is InChI=1S/C12H11F4N3O2/c1-17-12(20)9-3-2-6(21-9)5-19-8(11(15)16)4-7(18-19)10(13)14/h2-4,10-11H,5H2,1H3,(H,17,20). The number of carbonyl (C=O) groups excluding carboxylic acids is 1. The fourth-order valence-electron chi connectivity index (χ4n) is 1.72. The van der Waals surface area contributed by atoms with E-state index in [1.54, 1.807) is 0 Å². The van der Waals surface area contributed by atoms with Crippen LogP contribution in [0.15, 0.2) is 22.6 Å². The Morgan fingerprint density at radius 1 is 1.33 bits per heavy atom. The van der Waals surface area contributed by atoms with Crippen LogP contribution in [-0.4, -0.2) is 22.7 Å². The van der Waals surface area contributed by atoms with Crippen molar-refractivity contribution < 1.29 is 26.8 Å². The summed E-state index contributed by atoms with van der Waals surface area (Å²) in [5.41, 5.74) is -1.37. The summed E-state index contributed by atoms with van der Waals surface area (Å²) >= 11 is 0. The van der Waals surface area contributed by atoms with Crippen molar-refractivity contribution in [3.8, 4) is 0 Å². The monoisotopic (exact) mass is 305 g/mol. The first-order chi connectivity index (χ1) is 9.92. The lowest BCUT2D eigenvalue weighted by Crippen LogP contribution is -2.16. The summed E-state index contributed by atoms with van der Waals surface area (Å²) < 4.78 is 56.5. The Balaban J connectivity index is 2.26. The van der Waals surface area contributed by atoms with Gasteiger partial charge in [0.15, 0.2) is 5.76 Å². The van der Waals surface area contributed by atoms with Crippen LogP contribution in [0, 0.1) is 0 Å². The number of halogens is 4. The molecule has 0 saturated carbocycles. The van der Waals surface area contributed by atoms with E-state index in [4.69, 9.17) is 4.42 Å². The van der Waals surface area contributed by atoms with Gasteiger partial charge in [-0.3, -0.25) is 9.48 Å². The van der Waals surface area contributed by atoms with Crippen LogP contribution < -0.4 is 5.32 Å². The molecule has 0 aliphatic heterocycles. The van der Waals surface area contributed by atoms with E-state index in [0.717, 1.165) is 4.68 Å². The lowest BCUT2D eigenvalue weighted by molar-refractivity contribution is 0.0933. The van der Waals surface area contributed by atoms with Gasteiger partial charge in [0.1, 0.15) is 17.1 Å². The van der Waals surface area contributed by atoms with E-state index >= 15 is 0 Å². The van der Waals surface area contributed by atoms with Gasteiger partial charge in [-0.05, 0) is 18.2 Å². The highest BCUT2D eigenvalue weighted by molar-refractivity contribution is 5.91. The van der Waals surface area contributed by atoms with Crippen LogP contribution in [0.3, 0.4) is 0 Å². The van der Waals surface area contributed by atoms with Crippen LogP contribution in [0.25, 0.3) is 0 Å². The molecule has 0 aliphatic rings. The molecular formula is C12H11F4N3O2.